The van der Waals surface area contributed by atoms with Crippen molar-refractivity contribution < 1.29 is 19.1 Å². The highest BCUT2D eigenvalue weighted by Crippen LogP contribution is 2.30. The van der Waals surface area contributed by atoms with Crippen LogP contribution in [-0.2, 0) is 19.1 Å². The maximum atomic E-state index is 13.0. The molecular formula is C46H89NO4. The molecule has 0 spiro atoms. The number of ketones is 2. The van der Waals surface area contributed by atoms with Crippen LogP contribution in [0.4, 0.5) is 0 Å². The van der Waals surface area contributed by atoms with Crippen molar-refractivity contribution in [3.05, 3.63) is 0 Å². The zero-order valence-corrected chi connectivity index (χ0v) is 35.5. The number of ether oxygens (including phenoxy) is 1. The van der Waals surface area contributed by atoms with E-state index in [0.717, 1.165) is 103 Å². The second-order valence-corrected chi connectivity index (χ2v) is 17.4. The normalized spacial score (nSPS) is 12.7. The third kappa shape index (κ3) is 29.9. The summed E-state index contributed by atoms with van der Waals surface area (Å²) in [5.74, 6) is 1.23. The largest absolute Gasteiger partial charge is 0.465 e. The Morgan fingerprint density at radius 2 is 0.980 bits per heavy atom. The molecule has 5 nitrogen and oxygen atoms in total. The maximum Gasteiger partial charge on any atom is 0.311 e. The summed E-state index contributed by atoms with van der Waals surface area (Å²) in [6.07, 6.45) is 35.1. The Balaban J connectivity index is 4.42. The molecule has 1 atom stereocenters. The fourth-order valence-electron chi connectivity index (χ4n) is 7.36. The lowest BCUT2D eigenvalue weighted by Gasteiger charge is -2.23. The van der Waals surface area contributed by atoms with Crippen LogP contribution in [-0.4, -0.2) is 37.7 Å². The van der Waals surface area contributed by atoms with Crippen molar-refractivity contribution in [2.24, 2.45) is 16.7 Å². The van der Waals surface area contributed by atoms with Crippen molar-refractivity contribution in [1.82, 2.24) is 5.32 Å². The van der Waals surface area contributed by atoms with Gasteiger partial charge in [0.25, 0.3) is 0 Å². The summed E-state index contributed by atoms with van der Waals surface area (Å²) in [6.45, 7) is 14.3. The Kier molecular flexibility index (Phi) is 32.5. The summed E-state index contributed by atoms with van der Waals surface area (Å²) in [5, 5.41) is 3.16. The number of carbonyl (C=O) groups excluding carboxylic acids is 3. The molecule has 0 bridgehead atoms. The fourth-order valence-corrected chi connectivity index (χ4v) is 7.36. The van der Waals surface area contributed by atoms with Crippen LogP contribution < -0.4 is 5.32 Å². The highest BCUT2D eigenvalue weighted by molar-refractivity contribution is 5.84. The summed E-state index contributed by atoms with van der Waals surface area (Å²) in [4.78, 5) is 38.6. The van der Waals surface area contributed by atoms with E-state index < -0.39 is 5.41 Å². The molecular weight excluding hydrogens is 631 g/mol. The van der Waals surface area contributed by atoms with E-state index in [-0.39, 0.29) is 11.4 Å². The first-order valence-corrected chi connectivity index (χ1v) is 22.4. The Bertz CT molecular complexity index is 779. The first-order chi connectivity index (χ1) is 24.5. The summed E-state index contributed by atoms with van der Waals surface area (Å²) in [5.41, 5.74) is -0.665. The lowest BCUT2D eigenvalue weighted by atomic mass is 9.80. The lowest BCUT2D eigenvalue weighted by Crippen LogP contribution is -2.27. The van der Waals surface area contributed by atoms with Gasteiger partial charge in [-0.15, -0.1) is 0 Å². The van der Waals surface area contributed by atoms with E-state index in [0.29, 0.717) is 36.9 Å². The number of rotatable bonds is 39. The first-order valence-electron chi connectivity index (χ1n) is 22.4. The Morgan fingerprint density at radius 1 is 0.529 bits per heavy atom. The van der Waals surface area contributed by atoms with Gasteiger partial charge in [-0.25, -0.2) is 0 Å². The average molecular weight is 720 g/mol. The SMILES string of the molecule is CCCCCCCCCCCC(=O)C(C)(C)CCCCCC(CCCCCC(C)(C)C(=O)OCCCCCCCCCC)CC(=O)CCCNC. The Hall–Kier alpha value is -1.23. The van der Waals surface area contributed by atoms with E-state index in [1.54, 1.807) is 0 Å². The smallest absolute Gasteiger partial charge is 0.311 e. The highest BCUT2D eigenvalue weighted by atomic mass is 16.5. The molecule has 0 radical (unpaired) electrons. The molecule has 1 unspecified atom stereocenters. The Morgan fingerprint density at radius 3 is 1.49 bits per heavy atom. The van der Waals surface area contributed by atoms with Crippen LogP contribution in [0.15, 0.2) is 0 Å². The number of hydrogen-bond acceptors (Lipinski definition) is 5. The van der Waals surface area contributed by atoms with Gasteiger partial charge in [-0.1, -0.05) is 175 Å². The van der Waals surface area contributed by atoms with E-state index >= 15 is 0 Å². The Labute approximate surface area is 318 Å². The summed E-state index contributed by atoms with van der Waals surface area (Å²) in [6, 6.07) is 0. The van der Waals surface area contributed by atoms with Gasteiger partial charge in [0, 0.05) is 24.7 Å². The van der Waals surface area contributed by atoms with Crippen molar-refractivity contribution in [2.75, 3.05) is 20.2 Å². The second-order valence-electron chi connectivity index (χ2n) is 17.4. The molecule has 0 rings (SSSR count). The number of hydrogen-bond donors (Lipinski definition) is 1. The van der Waals surface area contributed by atoms with Gasteiger partial charge < -0.3 is 10.1 Å². The van der Waals surface area contributed by atoms with E-state index in [1.807, 2.05) is 20.9 Å². The molecule has 0 aliphatic heterocycles. The first kappa shape index (κ1) is 49.8. The van der Waals surface area contributed by atoms with Gasteiger partial charge in [-0.2, -0.15) is 0 Å². The molecule has 0 fully saturated rings. The molecule has 0 aromatic heterocycles. The summed E-state index contributed by atoms with van der Waals surface area (Å²) < 4.78 is 5.67. The molecule has 0 heterocycles. The van der Waals surface area contributed by atoms with Crippen molar-refractivity contribution in [2.45, 2.75) is 241 Å². The van der Waals surface area contributed by atoms with Crippen LogP contribution in [0.5, 0.6) is 0 Å². The highest BCUT2D eigenvalue weighted by Gasteiger charge is 2.29. The van der Waals surface area contributed by atoms with Crippen LogP contribution >= 0.6 is 0 Å². The van der Waals surface area contributed by atoms with Crippen molar-refractivity contribution in [3.63, 3.8) is 0 Å². The minimum atomic E-state index is -0.439. The van der Waals surface area contributed by atoms with Gasteiger partial charge >= 0.3 is 5.97 Å². The van der Waals surface area contributed by atoms with E-state index in [4.69, 9.17) is 4.74 Å². The third-order valence-electron chi connectivity index (χ3n) is 11.3. The molecule has 0 amide bonds. The molecule has 302 valence electrons. The van der Waals surface area contributed by atoms with Gasteiger partial charge in [-0.05, 0) is 65.5 Å². The zero-order valence-electron chi connectivity index (χ0n) is 35.5. The van der Waals surface area contributed by atoms with Crippen LogP contribution in [0, 0.1) is 16.7 Å². The molecule has 0 aromatic carbocycles. The van der Waals surface area contributed by atoms with Gasteiger partial charge in [-0.3, -0.25) is 14.4 Å². The minimum absolute atomic E-state index is 0.0520. The molecule has 51 heavy (non-hydrogen) atoms. The molecule has 0 aliphatic carbocycles. The number of Topliss-reactive ketones (excluding diaryl/α,β-unsaturated/α-hetero) is 2. The fraction of sp³-hybridized carbons (Fsp3) is 0.935. The molecule has 0 saturated heterocycles. The lowest BCUT2D eigenvalue weighted by molar-refractivity contribution is -0.154. The van der Waals surface area contributed by atoms with Crippen molar-refractivity contribution in [1.29, 1.82) is 0 Å². The average Bonchev–Trinajstić information content (AvgIpc) is 3.09. The molecule has 0 aliphatic rings. The van der Waals surface area contributed by atoms with Crippen LogP contribution in [0.2, 0.25) is 0 Å². The summed E-state index contributed by atoms with van der Waals surface area (Å²) in [7, 11) is 1.94. The van der Waals surface area contributed by atoms with E-state index in [1.165, 1.54) is 89.9 Å². The van der Waals surface area contributed by atoms with Crippen molar-refractivity contribution >= 4 is 17.5 Å². The van der Waals surface area contributed by atoms with Gasteiger partial charge in [0.05, 0.1) is 12.0 Å². The van der Waals surface area contributed by atoms with Crippen molar-refractivity contribution in [3.8, 4) is 0 Å². The predicted molar refractivity (Wildman–Crippen MR) is 220 cm³/mol. The quantitative estimate of drug-likeness (QED) is 0.0506. The molecule has 0 saturated carbocycles. The zero-order chi connectivity index (χ0) is 38.1. The standard InChI is InChI=1S/C46H89NO4/c1-8-10-12-14-16-18-19-21-27-35-43(49)45(3,4)36-28-23-25-32-41(40-42(48)34-31-38-47-7)33-26-24-29-37-46(5,6)44(50)51-39-30-22-20-17-15-13-11-9-2/h41,47H,8-40H2,1-7H3. The predicted octanol–water partition coefficient (Wildman–Crippen LogP) is 13.7. The molecule has 1 N–H and O–H groups in total. The monoisotopic (exact) mass is 720 g/mol. The van der Waals surface area contributed by atoms with Gasteiger partial charge in [0.2, 0.25) is 0 Å². The van der Waals surface area contributed by atoms with E-state index in [2.05, 4.69) is 33.0 Å². The van der Waals surface area contributed by atoms with Crippen LogP contribution in [0.25, 0.3) is 0 Å². The maximum absolute atomic E-state index is 13.0. The molecule has 5 heteroatoms. The number of esters is 1. The van der Waals surface area contributed by atoms with Crippen LogP contribution in [0.3, 0.4) is 0 Å². The van der Waals surface area contributed by atoms with Gasteiger partial charge in [0.15, 0.2) is 0 Å². The van der Waals surface area contributed by atoms with E-state index in [9.17, 15) is 14.4 Å². The second kappa shape index (κ2) is 33.3. The minimum Gasteiger partial charge on any atom is -0.465 e. The molecule has 0 aromatic rings. The topological polar surface area (TPSA) is 72.5 Å². The number of unbranched alkanes of at least 4 members (excludes halogenated alkanes) is 19. The third-order valence-corrected chi connectivity index (χ3v) is 11.3. The van der Waals surface area contributed by atoms with Crippen LogP contribution in [0.1, 0.15) is 241 Å². The number of nitrogens with one attached hydrogen (secondary N) is 1. The number of carbonyl (C=O) groups is 3. The van der Waals surface area contributed by atoms with Gasteiger partial charge in [0.1, 0.15) is 11.6 Å². The summed E-state index contributed by atoms with van der Waals surface area (Å²) >= 11 is 0.